The standard InChI is InChI=1S/C23H24N6/c1-28(22-14-8-4-9-15-22)25-19-21(18-24-26-20-12-6-3-7-13-20)27-29(2)23-16-10-5-11-17-23/h3-19,26H,1-2H3. The largest absolute Gasteiger partial charge is 0.278 e. The Morgan fingerprint density at radius 2 is 1.21 bits per heavy atom. The lowest BCUT2D eigenvalue weighted by Gasteiger charge is -2.14. The van der Waals surface area contributed by atoms with E-state index in [1.807, 2.05) is 105 Å². The summed E-state index contributed by atoms with van der Waals surface area (Å²) in [5, 5.41) is 17.0. The SMILES string of the molecule is CN(N=CC(C=NNc1ccccc1)=NN(C)c1ccccc1)c1ccccc1. The third kappa shape index (κ3) is 6.32. The first-order chi connectivity index (χ1) is 14.2. The fourth-order valence-corrected chi connectivity index (χ4v) is 2.50. The van der Waals surface area contributed by atoms with Crippen molar-refractivity contribution in [2.24, 2.45) is 15.3 Å². The molecule has 0 atom stereocenters. The fourth-order valence-electron chi connectivity index (χ4n) is 2.50. The first-order valence-electron chi connectivity index (χ1n) is 9.26. The molecule has 3 rings (SSSR count). The molecule has 0 saturated carbocycles. The van der Waals surface area contributed by atoms with Crippen molar-refractivity contribution in [3.05, 3.63) is 91.0 Å². The van der Waals surface area contributed by atoms with E-state index < -0.39 is 0 Å². The molecule has 0 aromatic heterocycles. The van der Waals surface area contributed by atoms with Gasteiger partial charge in [-0.3, -0.25) is 15.4 Å². The molecule has 6 nitrogen and oxygen atoms in total. The Morgan fingerprint density at radius 3 is 1.79 bits per heavy atom. The number of para-hydroxylation sites is 3. The summed E-state index contributed by atoms with van der Waals surface area (Å²) in [7, 11) is 3.78. The van der Waals surface area contributed by atoms with E-state index in [4.69, 9.17) is 0 Å². The van der Waals surface area contributed by atoms with Crippen LogP contribution in [-0.4, -0.2) is 32.2 Å². The van der Waals surface area contributed by atoms with Gasteiger partial charge in [0.2, 0.25) is 0 Å². The summed E-state index contributed by atoms with van der Waals surface area (Å²) in [6.45, 7) is 0. The zero-order chi connectivity index (χ0) is 20.3. The average Bonchev–Trinajstić information content (AvgIpc) is 2.79. The van der Waals surface area contributed by atoms with Gasteiger partial charge in [-0.05, 0) is 36.4 Å². The average molecular weight is 384 g/mol. The molecule has 0 heterocycles. The number of anilines is 3. The van der Waals surface area contributed by atoms with Gasteiger partial charge in [-0.25, -0.2) is 0 Å². The van der Waals surface area contributed by atoms with Gasteiger partial charge in [-0.15, -0.1) is 0 Å². The minimum atomic E-state index is 0.600. The van der Waals surface area contributed by atoms with Crippen LogP contribution in [0.3, 0.4) is 0 Å². The van der Waals surface area contributed by atoms with Crippen molar-refractivity contribution in [2.75, 3.05) is 29.5 Å². The lowest BCUT2D eigenvalue weighted by atomic mass is 10.3. The minimum absolute atomic E-state index is 0.600. The summed E-state index contributed by atoms with van der Waals surface area (Å²) >= 11 is 0. The zero-order valence-electron chi connectivity index (χ0n) is 16.6. The number of nitrogens with one attached hydrogen (secondary N) is 1. The van der Waals surface area contributed by atoms with Crippen LogP contribution in [0.2, 0.25) is 0 Å². The van der Waals surface area contributed by atoms with Crippen molar-refractivity contribution in [2.45, 2.75) is 0 Å². The first-order valence-corrected chi connectivity index (χ1v) is 9.26. The first kappa shape index (κ1) is 19.8. The molecule has 0 fully saturated rings. The molecule has 0 radical (unpaired) electrons. The Balaban J connectivity index is 1.78. The van der Waals surface area contributed by atoms with Crippen molar-refractivity contribution in [3.63, 3.8) is 0 Å². The van der Waals surface area contributed by atoms with Crippen LogP contribution in [0.5, 0.6) is 0 Å². The maximum atomic E-state index is 4.63. The van der Waals surface area contributed by atoms with Crippen LogP contribution in [0, 0.1) is 0 Å². The highest BCUT2D eigenvalue weighted by Gasteiger charge is 2.01. The Morgan fingerprint density at radius 1 is 0.690 bits per heavy atom. The topological polar surface area (TPSA) is 55.6 Å². The van der Waals surface area contributed by atoms with E-state index in [2.05, 4.69) is 20.7 Å². The number of hydrogen-bond acceptors (Lipinski definition) is 6. The van der Waals surface area contributed by atoms with Crippen LogP contribution in [0.1, 0.15) is 0 Å². The molecule has 0 spiro atoms. The van der Waals surface area contributed by atoms with Crippen molar-refractivity contribution < 1.29 is 0 Å². The smallest absolute Gasteiger partial charge is 0.124 e. The molecule has 29 heavy (non-hydrogen) atoms. The predicted octanol–water partition coefficient (Wildman–Crippen LogP) is 4.70. The second-order valence-corrected chi connectivity index (χ2v) is 6.22. The van der Waals surface area contributed by atoms with Crippen molar-refractivity contribution in [1.29, 1.82) is 0 Å². The van der Waals surface area contributed by atoms with E-state index in [0.29, 0.717) is 5.71 Å². The molecule has 0 aliphatic heterocycles. The molecule has 3 aromatic carbocycles. The van der Waals surface area contributed by atoms with Gasteiger partial charge in [0.1, 0.15) is 5.71 Å². The highest BCUT2D eigenvalue weighted by atomic mass is 15.5. The summed E-state index contributed by atoms with van der Waals surface area (Å²) in [6.07, 6.45) is 3.33. The van der Waals surface area contributed by atoms with Gasteiger partial charge in [0.05, 0.1) is 29.5 Å². The van der Waals surface area contributed by atoms with Gasteiger partial charge in [0, 0.05) is 14.1 Å². The molecule has 146 valence electrons. The lowest BCUT2D eigenvalue weighted by Crippen LogP contribution is -2.17. The summed E-state index contributed by atoms with van der Waals surface area (Å²) in [5.74, 6) is 0. The van der Waals surface area contributed by atoms with Crippen molar-refractivity contribution in [1.82, 2.24) is 0 Å². The van der Waals surface area contributed by atoms with Crippen molar-refractivity contribution in [3.8, 4) is 0 Å². The Kier molecular flexibility index (Phi) is 7.12. The molecule has 0 unspecified atom stereocenters. The predicted molar refractivity (Wildman–Crippen MR) is 124 cm³/mol. The molecule has 1 N–H and O–H groups in total. The van der Waals surface area contributed by atoms with Gasteiger partial charge in [-0.1, -0.05) is 54.6 Å². The number of hydrazone groups is 3. The van der Waals surface area contributed by atoms with Crippen LogP contribution in [0.15, 0.2) is 106 Å². The zero-order valence-corrected chi connectivity index (χ0v) is 16.6. The maximum Gasteiger partial charge on any atom is 0.124 e. The molecule has 0 saturated heterocycles. The molecule has 6 heteroatoms. The third-order valence-electron chi connectivity index (χ3n) is 4.05. The Bertz CT molecular complexity index is 952. The van der Waals surface area contributed by atoms with E-state index in [1.54, 1.807) is 22.4 Å². The molecule has 0 aliphatic carbocycles. The van der Waals surface area contributed by atoms with Gasteiger partial charge >= 0.3 is 0 Å². The van der Waals surface area contributed by atoms with Crippen LogP contribution in [-0.2, 0) is 0 Å². The summed E-state index contributed by atoms with van der Waals surface area (Å²) < 4.78 is 0. The Labute approximate surface area is 171 Å². The lowest BCUT2D eigenvalue weighted by molar-refractivity contribution is 1.02. The molecular weight excluding hydrogens is 360 g/mol. The number of hydrogen-bond donors (Lipinski definition) is 1. The third-order valence-corrected chi connectivity index (χ3v) is 4.05. The fraction of sp³-hybridized carbons (Fsp3) is 0.0870. The maximum absolute atomic E-state index is 4.63. The summed E-state index contributed by atoms with van der Waals surface area (Å²) in [4.78, 5) is 0. The van der Waals surface area contributed by atoms with Crippen LogP contribution in [0.25, 0.3) is 0 Å². The summed E-state index contributed by atoms with van der Waals surface area (Å²) in [6, 6.07) is 29.6. The minimum Gasteiger partial charge on any atom is -0.278 e. The molecular formula is C23H24N6. The number of nitrogens with zero attached hydrogens (tertiary/aromatic N) is 5. The van der Waals surface area contributed by atoms with E-state index in [0.717, 1.165) is 17.1 Å². The van der Waals surface area contributed by atoms with Gasteiger partial charge in [-0.2, -0.15) is 15.3 Å². The number of benzene rings is 3. The molecule has 0 aliphatic rings. The highest BCUT2D eigenvalue weighted by molar-refractivity contribution is 6.56. The van der Waals surface area contributed by atoms with Gasteiger partial charge in [0.15, 0.2) is 0 Å². The van der Waals surface area contributed by atoms with Gasteiger partial charge in [0.25, 0.3) is 0 Å². The monoisotopic (exact) mass is 384 g/mol. The summed E-state index contributed by atoms with van der Waals surface area (Å²) in [5.41, 5.74) is 6.46. The second-order valence-electron chi connectivity index (χ2n) is 6.22. The normalized spacial score (nSPS) is 11.7. The van der Waals surface area contributed by atoms with Gasteiger partial charge < -0.3 is 0 Å². The van der Waals surface area contributed by atoms with E-state index in [1.165, 1.54) is 0 Å². The van der Waals surface area contributed by atoms with Crippen molar-refractivity contribution >= 4 is 35.2 Å². The second kappa shape index (κ2) is 10.4. The Hall–Kier alpha value is -3.93. The quantitative estimate of drug-likeness (QED) is 0.452. The highest BCUT2D eigenvalue weighted by Crippen LogP contribution is 2.12. The molecule has 0 bridgehead atoms. The van der Waals surface area contributed by atoms with E-state index >= 15 is 0 Å². The molecule has 3 aromatic rings. The van der Waals surface area contributed by atoms with E-state index in [-0.39, 0.29) is 0 Å². The van der Waals surface area contributed by atoms with E-state index in [9.17, 15) is 0 Å². The van der Waals surface area contributed by atoms with Crippen LogP contribution < -0.4 is 15.4 Å². The van der Waals surface area contributed by atoms with Crippen LogP contribution >= 0.6 is 0 Å². The van der Waals surface area contributed by atoms with Crippen LogP contribution in [0.4, 0.5) is 17.1 Å². The number of rotatable bonds is 8. The molecule has 0 amide bonds.